The Kier molecular flexibility index (Phi) is 5.52. The molecule has 0 unspecified atom stereocenters. The van der Waals surface area contributed by atoms with Gasteiger partial charge in [-0.15, -0.1) is 11.3 Å². The Morgan fingerprint density at radius 3 is 2.71 bits per heavy atom. The second kappa shape index (κ2) is 8.06. The van der Waals surface area contributed by atoms with Crippen molar-refractivity contribution >= 4 is 21.4 Å². The largest absolute Gasteiger partial charge is 0.496 e. The molecule has 0 saturated heterocycles. The van der Waals surface area contributed by atoms with E-state index < -0.39 is 10.0 Å². The lowest BCUT2D eigenvalue weighted by Gasteiger charge is -2.10. The highest BCUT2D eigenvalue weighted by atomic mass is 32.2. The van der Waals surface area contributed by atoms with Crippen LogP contribution in [0, 0.1) is 0 Å². The maximum atomic E-state index is 13.1. The Bertz CT molecular complexity index is 1040. The predicted molar refractivity (Wildman–Crippen MR) is 110 cm³/mol. The number of nitrogens with zero attached hydrogens (tertiary/aromatic N) is 2. The highest BCUT2D eigenvalue weighted by molar-refractivity contribution is 7.89. The van der Waals surface area contributed by atoms with Crippen LogP contribution in [0.25, 0.3) is 10.6 Å². The van der Waals surface area contributed by atoms with Gasteiger partial charge < -0.3 is 4.74 Å². The minimum Gasteiger partial charge on any atom is -0.496 e. The summed E-state index contributed by atoms with van der Waals surface area (Å²) in [5.41, 5.74) is 1.31. The second-order valence-electron chi connectivity index (χ2n) is 6.87. The zero-order valence-corrected chi connectivity index (χ0v) is 17.3. The fraction of sp³-hybridized carbons (Fsp3) is 0.350. The van der Waals surface area contributed by atoms with E-state index in [1.165, 1.54) is 11.3 Å². The van der Waals surface area contributed by atoms with Crippen LogP contribution in [0.3, 0.4) is 0 Å². The number of hydrogen-bond acceptors (Lipinski definition) is 5. The fourth-order valence-corrected chi connectivity index (χ4v) is 5.55. The van der Waals surface area contributed by atoms with Gasteiger partial charge in [0.15, 0.2) is 0 Å². The fourth-order valence-electron chi connectivity index (χ4n) is 3.61. The van der Waals surface area contributed by atoms with Gasteiger partial charge in [0, 0.05) is 18.3 Å². The van der Waals surface area contributed by atoms with Gasteiger partial charge in [0.1, 0.15) is 16.3 Å². The van der Waals surface area contributed by atoms with Crippen LogP contribution in [0.2, 0.25) is 0 Å². The van der Waals surface area contributed by atoms with Crippen molar-refractivity contribution in [2.75, 3.05) is 7.11 Å². The zero-order chi connectivity index (χ0) is 19.6. The Balaban J connectivity index is 1.66. The van der Waals surface area contributed by atoms with Gasteiger partial charge in [-0.05, 0) is 30.4 Å². The molecule has 1 fully saturated rings. The number of methoxy groups -OCH3 is 1. The van der Waals surface area contributed by atoms with Crippen LogP contribution in [-0.4, -0.2) is 25.3 Å². The van der Waals surface area contributed by atoms with Crippen LogP contribution in [-0.2, 0) is 16.6 Å². The molecule has 1 saturated carbocycles. The number of ether oxygens (including phenoxy) is 1. The molecule has 0 radical (unpaired) electrons. The first-order valence-electron chi connectivity index (χ1n) is 9.33. The van der Waals surface area contributed by atoms with Crippen molar-refractivity contribution in [3.63, 3.8) is 0 Å². The molecule has 0 atom stereocenters. The molecular formula is C20H23N3O3S2. The number of rotatable bonds is 7. The molecule has 6 nitrogen and oxygen atoms in total. The molecule has 8 heteroatoms. The van der Waals surface area contributed by atoms with Crippen LogP contribution >= 0.6 is 11.3 Å². The van der Waals surface area contributed by atoms with Gasteiger partial charge in [0.25, 0.3) is 0 Å². The molecule has 0 spiro atoms. The molecular weight excluding hydrogens is 394 g/mol. The molecule has 1 aliphatic carbocycles. The van der Waals surface area contributed by atoms with E-state index in [4.69, 9.17) is 4.74 Å². The van der Waals surface area contributed by atoms with E-state index in [9.17, 15) is 8.42 Å². The van der Waals surface area contributed by atoms with Crippen molar-refractivity contribution < 1.29 is 13.2 Å². The van der Waals surface area contributed by atoms with E-state index in [-0.39, 0.29) is 17.5 Å². The number of para-hydroxylation sites is 1. The number of hydrogen-bond donors (Lipinski definition) is 1. The Labute approximate surface area is 169 Å². The summed E-state index contributed by atoms with van der Waals surface area (Å²) in [5, 5.41) is 6.61. The van der Waals surface area contributed by atoms with E-state index in [0.717, 1.165) is 36.1 Å². The molecule has 0 bridgehead atoms. The lowest BCUT2D eigenvalue weighted by molar-refractivity contribution is 0.409. The van der Waals surface area contributed by atoms with Gasteiger partial charge in [-0.2, -0.15) is 5.10 Å². The summed E-state index contributed by atoms with van der Waals surface area (Å²) in [6, 6.07) is 11.5. The standard InChI is InChI=1S/C20H23N3O3S2/c1-26-17-10-5-2-7-15(17)13-21-28(24,25)19-14-23(16-8-3-4-9-16)22-20(19)18-11-6-12-27-18/h2,5-7,10-12,14,16,21H,3-4,8-9,13H2,1H3. The molecule has 4 rings (SSSR count). The molecule has 3 aromatic rings. The third-order valence-corrected chi connectivity index (χ3v) is 7.37. The molecule has 2 heterocycles. The average molecular weight is 418 g/mol. The van der Waals surface area contributed by atoms with Gasteiger partial charge >= 0.3 is 0 Å². The van der Waals surface area contributed by atoms with Crippen molar-refractivity contribution in [2.24, 2.45) is 0 Å². The number of benzene rings is 1. The first-order chi connectivity index (χ1) is 13.6. The summed E-state index contributed by atoms with van der Waals surface area (Å²) in [4.78, 5) is 1.09. The van der Waals surface area contributed by atoms with E-state index in [2.05, 4.69) is 9.82 Å². The van der Waals surface area contributed by atoms with E-state index in [1.54, 1.807) is 13.3 Å². The minimum atomic E-state index is -3.73. The van der Waals surface area contributed by atoms with Gasteiger partial charge in [-0.3, -0.25) is 4.68 Å². The number of thiophene rings is 1. The van der Waals surface area contributed by atoms with Gasteiger partial charge in [0.05, 0.1) is 18.0 Å². The molecule has 1 N–H and O–H groups in total. The summed E-state index contributed by atoms with van der Waals surface area (Å²) in [5.74, 6) is 0.658. The van der Waals surface area contributed by atoms with Crippen molar-refractivity contribution in [2.45, 2.75) is 43.2 Å². The SMILES string of the molecule is COc1ccccc1CNS(=O)(=O)c1cn(C2CCCC2)nc1-c1cccs1. The summed E-state index contributed by atoms with van der Waals surface area (Å²) in [6.07, 6.45) is 6.09. The second-order valence-corrected chi connectivity index (χ2v) is 9.56. The van der Waals surface area contributed by atoms with E-state index >= 15 is 0 Å². The zero-order valence-electron chi connectivity index (χ0n) is 15.7. The number of aromatic nitrogens is 2. The smallest absolute Gasteiger partial charge is 0.244 e. The third-order valence-electron chi connectivity index (χ3n) is 5.09. The van der Waals surface area contributed by atoms with Crippen LogP contribution in [0.4, 0.5) is 0 Å². The summed E-state index contributed by atoms with van der Waals surface area (Å²) < 4.78 is 36.2. The predicted octanol–water partition coefficient (Wildman–Crippen LogP) is 4.21. The van der Waals surface area contributed by atoms with E-state index in [0.29, 0.717) is 11.4 Å². The first kappa shape index (κ1) is 19.2. The van der Waals surface area contributed by atoms with Gasteiger partial charge in [-0.1, -0.05) is 37.1 Å². The maximum absolute atomic E-state index is 13.1. The summed E-state index contributed by atoms with van der Waals surface area (Å²) >= 11 is 1.49. The van der Waals surface area contributed by atoms with Crippen molar-refractivity contribution in [1.29, 1.82) is 0 Å². The Morgan fingerprint density at radius 1 is 1.21 bits per heavy atom. The van der Waals surface area contributed by atoms with Gasteiger partial charge in [-0.25, -0.2) is 13.1 Å². The summed E-state index contributed by atoms with van der Waals surface area (Å²) in [7, 11) is -2.15. The van der Waals surface area contributed by atoms with Crippen LogP contribution in [0.5, 0.6) is 5.75 Å². The molecule has 1 aromatic carbocycles. The van der Waals surface area contributed by atoms with Crippen LogP contribution < -0.4 is 9.46 Å². The first-order valence-corrected chi connectivity index (χ1v) is 11.7. The highest BCUT2D eigenvalue weighted by Crippen LogP contribution is 2.34. The number of sulfonamides is 1. The topological polar surface area (TPSA) is 73.2 Å². The lowest BCUT2D eigenvalue weighted by Crippen LogP contribution is -2.23. The molecule has 28 heavy (non-hydrogen) atoms. The Morgan fingerprint density at radius 2 is 2.00 bits per heavy atom. The minimum absolute atomic E-state index is 0.158. The highest BCUT2D eigenvalue weighted by Gasteiger charge is 2.27. The Hall–Kier alpha value is -2.16. The van der Waals surface area contributed by atoms with Gasteiger partial charge in [0.2, 0.25) is 10.0 Å². The normalized spacial score (nSPS) is 15.2. The summed E-state index contributed by atoms with van der Waals surface area (Å²) in [6.45, 7) is 0.158. The third kappa shape index (κ3) is 3.85. The van der Waals surface area contributed by atoms with Crippen LogP contribution in [0.1, 0.15) is 37.3 Å². The van der Waals surface area contributed by atoms with Crippen molar-refractivity contribution in [3.8, 4) is 16.3 Å². The molecule has 0 aliphatic heterocycles. The van der Waals surface area contributed by atoms with Crippen molar-refractivity contribution in [1.82, 2.24) is 14.5 Å². The molecule has 0 amide bonds. The maximum Gasteiger partial charge on any atom is 0.244 e. The quantitative estimate of drug-likeness (QED) is 0.625. The molecule has 2 aromatic heterocycles. The molecule has 148 valence electrons. The molecule has 1 aliphatic rings. The van der Waals surface area contributed by atoms with Crippen molar-refractivity contribution in [3.05, 3.63) is 53.5 Å². The average Bonchev–Trinajstić information content (AvgIpc) is 3.46. The number of nitrogens with one attached hydrogen (secondary N) is 1. The lowest BCUT2D eigenvalue weighted by atomic mass is 10.2. The van der Waals surface area contributed by atoms with E-state index in [1.807, 2.05) is 46.5 Å². The van der Waals surface area contributed by atoms with Crippen LogP contribution in [0.15, 0.2) is 52.9 Å². The monoisotopic (exact) mass is 417 g/mol.